The Kier molecular flexibility index (Phi) is 10.1. The van der Waals surface area contributed by atoms with E-state index in [-0.39, 0.29) is 12.2 Å². The summed E-state index contributed by atoms with van der Waals surface area (Å²) in [6, 6.07) is 8.35. The molecule has 0 bridgehead atoms. The number of likely N-dealkylation sites (tertiary alicyclic amines) is 1. The fourth-order valence-corrected chi connectivity index (χ4v) is 4.38. The van der Waals surface area contributed by atoms with Crippen molar-refractivity contribution in [3.63, 3.8) is 0 Å². The molecule has 30 heavy (non-hydrogen) atoms. The zero-order chi connectivity index (χ0) is 22.0. The van der Waals surface area contributed by atoms with E-state index >= 15 is 0 Å². The van der Waals surface area contributed by atoms with Gasteiger partial charge in [0.25, 0.3) is 0 Å². The first-order valence-corrected chi connectivity index (χ1v) is 13.0. The van der Waals surface area contributed by atoms with Crippen LogP contribution in [0.3, 0.4) is 0 Å². The van der Waals surface area contributed by atoms with Gasteiger partial charge in [-0.05, 0) is 57.6 Å². The molecule has 3 rings (SSSR count). The van der Waals surface area contributed by atoms with Gasteiger partial charge in [0, 0.05) is 26.0 Å². The van der Waals surface area contributed by atoms with Gasteiger partial charge >= 0.3 is 6.09 Å². The van der Waals surface area contributed by atoms with Gasteiger partial charge in [-0.1, -0.05) is 37.5 Å². The molecule has 2 fully saturated rings. The third kappa shape index (κ3) is 9.04. The molecule has 0 aromatic heterocycles. The SMILES string of the molecule is CC(C)OC(=O)N1CCC(COC2CCCCC2)CC1.CS(=O)(=O)c1ccccc1. The van der Waals surface area contributed by atoms with Crippen LogP contribution in [0.1, 0.15) is 58.8 Å². The summed E-state index contributed by atoms with van der Waals surface area (Å²) in [5.74, 6) is 0.611. The lowest BCUT2D eigenvalue weighted by Crippen LogP contribution is -2.40. The molecule has 1 aliphatic heterocycles. The standard InChI is InChI=1S/C16H29NO3.C7H8O2S/c1-13(2)20-16(18)17-10-8-14(9-11-17)12-19-15-6-4-3-5-7-15;1-10(8,9)7-5-3-2-4-6-7/h13-15H,3-12H2,1-2H3;2-6H,1H3. The Hall–Kier alpha value is -1.60. The van der Waals surface area contributed by atoms with Gasteiger partial charge in [0.05, 0.1) is 17.1 Å². The van der Waals surface area contributed by atoms with Crippen molar-refractivity contribution < 1.29 is 22.7 Å². The largest absolute Gasteiger partial charge is 0.447 e. The number of carbonyl (C=O) groups excluding carboxylic acids is 1. The topological polar surface area (TPSA) is 72.9 Å². The molecule has 1 aliphatic carbocycles. The minimum absolute atomic E-state index is 0.0325. The lowest BCUT2D eigenvalue weighted by Gasteiger charge is -2.32. The van der Waals surface area contributed by atoms with E-state index in [1.807, 2.05) is 18.7 Å². The summed E-state index contributed by atoms with van der Waals surface area (Å²) in [5.41, 5.74) is 0. The number of sulfone groups is 1. The number of carbonyl (C=O) groups is 1. The lowest BCUT2D eigenvalue weighted by atomic mass is 9.96. The Bertz CT molecular complexity index is 721. The Morgan fingerprint density at radius 3 is 2.13 bits per heavy atom. The van der Waals surface area contributed by atoms with E-state index in [9.17, 15) is 13.2 Å². The first-order valence-electron chi connectivity index (χ1n) is 11.1. The van der Waals surface area contributed by atoms with Crippen LogP contribution in [-0.4, -0.2) is 57.6 Å². The molecule has 1 heterocycles. The quantitative estimate of drug-likeness (QED) is 0.666. The third-order valence-electron chi connectivity index (χ3n) is 5.50. The molecule has 6 nitrogen and oxygen atoms in total. The molecule has 0 unspecified atom stereocenters. The molecular weight excluding hydrogens is 402 g/mol. The lowest BCUT2D eigenvalue weighted by molar-refractivity contribution is -0.00662. The Labute approximate surface area is 181 Å². The van der Waals surface area contributed by atoms with Crippen LogP contribution in [0.5, 0.6) is 0 Å². The van der Waals surface area contributed by atoms with Gasteiger partial charge < -0.3 is 14.4 Å². The van der Waals surface area contributed by atoms with E-state index in [1.165, 1.54) is 38.4 Å². The first kappa shape index (κ1) is 24.7. The Morgan fingerprint density at radius 2 is 1.63 bits per heavy atom. The predicted octanol–water partition coefficient (Wildman–Crippen LogP) is 4.68. The number of rotatable bonds is 5. The molecule has 1 aromatic carbocycles. The van der Waals surface area contributed by atoms with Gasteiger partial charge in [-0.2, -0.15) is 0 Å². The van der Waals surface area contributed by atoms with Gasteiger partial charge in [-0.15, -0.1) is 0 Å². The van der Waals surface area contributed by atoms with Gasteiger partial charge in [0.15, 0.2) is 9.84 Å². The molecule has 7 heteroatoms. The third-order valence-corrected chi connectivity index (χ3v) is 6.63. The molecule has 0 atom stereocenters. The van der Waals surface area contributed by atoms with Crippen LogP contribution >= 0.6 is 0 Å². The highest BCUT2D eigenvalue weighted by molar-refractivity contribution is 7.90. The van der Waals surface area contributed by atoms with Crippen molar-refractivity contribution >= 4 is 15.9 Å². The van der Waals surface area contributed by atoms with Gasteiger partial charge in [0.2, 0.25) is 0 Å². The maximum atomic E-state index is 11.8. The average Bonchev–Trinajstić information content (AvgIpc) is 2.73. The average molecular weight is 440 g/mol. The summed E-state index contributed by atoms with van der Waals surface area (Å²) in [6.45, 7) is 6.28. The van der Waals surface area contributed by atoms with Crippen molar-refractivity contribution in [1.82, 2.24) is 4.90 Å². The van der Waals surface area contributed by atoms with Crippen molar-refractivity contribution in [3.8, 4) is 0 Å². The van der Waals surface area contributed by atoms with Crippen LogP contribution in [0.15, 0.2) is 35.2 Å². The minimum atomic E-state index is -3.00. The Morgan fingerprint density at radius 1 is 1.03 bits per heavy atom. The highest BCUT2D eigenvalue weighted by Crippen LogP contribution is 2.24. The molecule has 2 aliphatic rings. The molecule has 1 amide bonds. The number of hydrogen-bond donors (Lipinski definition) is 0. The van der Waals surface area contributed by atoms with Gasteiger partial charge in [0.1, 0.15) is 0 Å². The second-order valence-electron chi connectivity index (χ2n) is 8.54. The van der Waals surface area contributed by atoms with Crippen molar-refractivity contribution in [1.29, 1.82) is 0 Å². The Balaban J connectivity index is 0.000000269. The normalized spacial score (nSPS) is 18.6. The maximum absolute atomic E-state index is 11.8. The number of benzene rings is 1. The summed E-state index contributed by atoms with van der Waals surface area (Å²) in [7, 11) is -3.00. The molecule has 170 valence electrons. The van der Waals surface area contributed by atoms with Crippen molar-refractivity contribution in [2.45, 2.75) is 75.9 Å². The van der Waals surface area contributed by atoms with Crippen LogP contribution < -0.4 is 0 Å². The zero-order valence-corrected chi connectivity index (χ0v) is 19.4. The molecule has 0 spiro atoms. The van der Waals surface area contributed by atoms with Crippen LogP contribution in [-0.2, 0) is 19.3 Å². The maximum Gasteiger partial charge on any atom is 0.410 e. The molecular formula is C23H37NO5S. The second kappa shape index (κ2) is 12.3. The summed E-state index contributed by atoms with van der Waals surface area (Å²) in [6.07, 6.45) is 10.1. The smallest absolute Gasteiger partial charge is 0.410 e. The van der Waals surface area contributed by atoms with Crippen LogP contribution in [0.2, 0.25) is 0 Å². The highest BCUT2D eigenvalue weighted by Gasteiger charge is 2.25. The van der Waals surface area contributed by atoms with Crippen molar-refractivity contribution in [2.75, 3.05) is 26.0 Å². The summed E-state index contributed by atoms with van der Waals surface area (Å²) in [5, 5.41) is 0. The number of piperidine rings is 1. The molecule has 1 saturated heterocycles. The number of ether oxygens (including phenoxy) is 2. The van der Waals surface area contributed by atoms with E-state index in [0.717, 1.165) is 32.5 Å². The number of nitrogens with zero attached hydrogens (tertiary/aromatic N) is 1. The van der Waals surface area contributed by atoms with E-state index in [1.54, 1.807) is 30.3 Å². The molecule has 0 N–H and O–H groups in total. The van der Waals surface area contributed by atoms with E-state index in [0.29, 0.717) is 16.9 Å². The summed E-state index contributed by atoms with van der Waals surface area (Å²) < 4.78 is 32.9. The predicted molar refractivity (Wildman–Crippen MR) is 118 cm³/mol. The van der Waals surface area contributed by atoms with E-state index in [2.05, 4.69) is 0 Å². The second-order valence-corrected chi connectivity index (χ2v) is 10.6. The number of amides is 1. The fourth-order valence-electron chi connectivity index (χ4n) is 3.73. The van der Waals surface area contributed by atoms with Crippen LogP contribution in [0.25, 0.3) is 0 Å². The van der Waals surface area contributed by atoms with Crippen LogP contribution in [0, 0.1) is 5.92 Å². The van der Waals surface area contributed by atoms with E-state index < -0.39 is 9.84 Å². The van der Waals surface area contributed by atoms with Gasteiger partial charge in [-0.3, -0.25) is 0 Å². The summed E-state index contributed by atoms with van der Waals surface area (Å²) in [4.78, 5) is 14.0. The monoisotopic (exact) mass is 439 g/mol. The van der Waals surface area contributed by atoms with Crippen molar-refractivity contribution in [3.05, 3.63) is 30.3 Å². The van der Waals surface area contributed by atoms with Crippen LogP contribution in [0.4, 0.5) is 4.79 Å². The zero-order valence-electron chi connectivity index (χ0n) is 18.6. The highest BCUT2D eigenvalue weighted by atomic mass is 32.2. The molecule has 1 saturated carbocycles. The number of hydrogen-bond acceptors (Lipinski definition) is 5. The molecule has 1 aromatic rings. The van der Waals surface area contributed by atoms with E-state index in [4.69, 9.17) is 9.47 Å². The van der Waals surface area contributed by atoms with Gasteiger partial charge in [-0.25, -0.2) is 13.2 Å². The fraction of sp³-hybridized carbons (Fsp3) is 0.696. The summed E-state index contributed by atoms with van der Waals surface area (Å²) >= 11 is 0. The van der Waals surface area contributed by atoms with Crippen molar-refractivity contribution in [2.24, 2.45) is 5.92 Å². The first-order chi connectivity index (χ1) is 14.3. The minimum Gasteiger partial charge on any atom is -0.447 e. The molecule has 0 radical (unpaired) electrons.